The third-order valence-electron chi connectivity index (χ3n) is 2.58. The number of esters is 1. The van der Waals surface area contributed by atoms with Crippen LogP contribution in [0.4, 0.5) is 0 Å². The highest BCUT2D eigenvalue weighted by atomic mass is 16.5. The third kappa shape index (κ3) is 4.61. The summed E-state index contributed by atoms with van der Waals surface area (Å²) in [5, 5.41) is 0. The Morgan fingerprint density at radius 2 is 2.00 bits per heavy atom. The number of methoxy groups -OCH3 is 1. The maximum Gasteiger partial charge on any atom is 0.306 e. The van der Waals surface area contributed by atoms with E-state index < -0.39 is 0 Å². The molecule has 0 atom stereocenters. The zero-order valence-electron chi connectivity index (χ0n) is 8.96. The lowest BCUT2D eigenvalue weighted by Crippen LogP contribution is -2.14. The van der Waals surface area contributed by atoms with Crippen molar-refractivity contribution in [3.63, 3.8) is 0 Å². The van der Waals surface area contributed by atoms with Gasteiger partial charge in [-0.3, -0.25) is 4.79 Å². The van der Waals surface area contributed by atoms with Gasteiger partial charge in [-0.1, -0.05) is 0 Å². The predicted molar refractivity (Wildman–Crippen MR) is 54.1 cm³/mol. The lowest BCUT2D eigenvalue weighted by Gasteiger charge is -2.10. The van der Waals surface area contributed by atoms with Crippen molar-refractivity contribution < 1.29 is 14.3 Å². The van der Waals surface area contributed by atoms with E-state index >= 15 is 0 Å². The van der Waals surface area contributed by atoms with Crippen molar-refractivity contribution in [3.05, 3.63) is 0 Å². The highest BCUT2D eigenvalue weighted by Crippen LogP contribution is 2.21. The number of ether oxygens (including phenoxy) is 2. The van der Waals surface area contributed by atoms with Gasteiger partial charge in [-0.15, -0.1) is 0 Å². The van der Waals surface area contributed by atoms with Crippen LogP contribution < -0.4 is 0 Å². The van der Waals surface area contributed by atoms with Gasteiger partial charge < -0.3 is 9.47 Å². The minimum Gasteiger partial charge on any atom is -0.462 e. The SMILES string of the molecule is COCCCCC(=O)OC1CCCC1. The molecular formula is C11H20O3. The summed E-state index contributed by atoms with van der Waals surface area (Å²) in [6.45, 7) is 0.733. The van der Waals surface area contributed by atoms with Crippen LogP contribution in [-0.4, -0.2) is 25.8 Å². The molecule has 0 saturated heterocycles. The molecule has 1 aliphatic carbocycles. The topological polar surface area (TPSA) is 35.5 Å². The van der Waals surface area contributed by atoms with Gasteiger partial charge >= 0.3 is 5.97 Å². The zero-order valence-corrected chi connectivity index (χ0v) is 8.96. The molecule has 0 heterocycles. The Kier molecular flexibility index (Phi) is 5.60. The maximum absolute atomic E-state index is 11.3. The van der Waals surface area contributed by atoms with Gasteiger partial charge in [0.2, 0.25) is 0 Å². The van der Waals surface area contributed by atoms with Crippen molar-refractivity contribution in [2.24, 2.45) is 0 Å². The second kappa shape index (κ2) is 6.82. The van der Waals surface area contributed by atoms with Crippen LogP contribution in [0.3, 0.4) is 0 Å². The third-order valence-corrected chi connectivity index (χ3v) is 2.58. The first-order valence-corrected chi connectivity index (χ1v) is 5.51. The van der Waals surface area contributed by atoms with E-state index in [0.717, 1.165) is 32.3 Å². The predicted octanol–water partition coefficient (Wildman–Crippen LogP) is 2.29. The molecule has 0 aromatic heterocycles. The van der Waals surface area contributed by atoms with Crippen molar-refractivity contribution in [1.29, 1.82) is 0 Å². The molecule has 0 amide bonds. The number of unbranched alkanes of at least 4 members (excludes halogenated alkanes) is 1. The molecule has 0 bridgehead atoms. The van der Waals surface area contributed by atoms with Gasteiger partial charge in [-0.25, -0.2) is 0 Å². The Labute approximate surface area is 85.8 Å². The molecule has 0 unspecified atom stereocenters. The zero-order chi connectivity index (χ0) is 10.2. The first kappa shape index (κ1) is 11.5. The molecule has 1 aliphatic rings. The lowest BCUT2D eigenvalue weighted by atomic mass is 10.2. The van der Waals surface area contributed by atoms with Crippen molar-refractivity contribution in [3.8, 4) is 0 Å². The van der Waals surface area contributed by atoms with Gasteiger partial charge in [0, 0.05) is 20.1 Å². The van der Waals surface area contributed by atoms with E-state index in [4.69, 9.17) is 9.47 Å². The number of carbonyl (C=O) groups excluding carboxylic acids is 1. The number of carbonyl (C=O) groups is 1. The molecule has 0 spiro atoms. The molecule has 3 nitrogen and oxygen atoms in total. The normalized spacial score (nSPS) is 17.2. The first-order valence-electron chi connectivity index (χ1n) is 5.51. The van der Waals surface area contributed by atoms with Crippen LogP contribution in [0, 0.1) is 0 Å². The number of rotatable bonds is 6. The van der Waals surface area contributed by atoms with Crippen LogP contribution in [0.5, 0.6) is 0 Å². The molecular weight excluding hydrogens is 180 g/mol. The highest BCUT2D eigenvalue weighted by Gasteiger charge is 2.18. The number of hydrogen-bond acceptors (Lipinski definition) is 3. The van der Waals surface area contributed by atoms with E-state index in [1.807, 2.05) is 0 Å². The second-order valence-electron chi connectivity index (χ2n) is 3.85. The van der Waals surface area contributed by atoms with E-state index in [9.17, 15) is 4.79 Å². The standard InChI is InChI=1S/C11H20O3/c1-13-9-5-4-8-11(12)14-10-6-2-3-7-10/h10H,2-9H2,1H3. The highest BCUT2D eigenvalue weighted by molar-refractivity contribution is 5.69. The minimum atomic E-state index is -0.0343. The van der Waals surface area contributed by atoms with Crippen molar-refractivity contribution in [2.45, 2.75) is 51.0 Å². The fraction of sp³-hybridized carbons (Fsp3) is 0.909. The Balaban J connectivity index is 1.98. The molecule has 0 N–H and O–H groups in total. The van der Waals surface area contributed by atoms with Gasteiger partial charge in [0.05, 0.1) is 0 Å². The quantitative estimate of drug-likeness (QED) is 0.487. The van der Waals surface area contributed by atoms with Crippen LogP contribution >= 0.6 is 0 Å². The molecule has 1 rings (SSSR count). The average Bonchev–Trinajstić information content (AvgIpc) is 2.65. The summed E-state index contributed by atoms with van der Waals surface area (Å²) in [6.07, 6.45) is 7.11. The number of hydrogen-bond donors (Lipinski definition) is 0. The molecule has 3 heteroatoms. The van der Waals surface area contributed by atoms with E-state index in [-0.39, 0.29) is 12.1 Å². The Morgan fingerprint density at radius 1 is 1.29 bits per heavy atom. The Hall–Kier alpha value is -0.570. The maximum atomic E-state index is 11.3. The van der Waals surface area contributed by atoms with Crippen molar-refractivity contribution >= 4 is 5.97 Å². The molecule has 14 heavy (non-hydrogen) atoms. The summed E-state index contributed by atoms with van der Waals surface area (Å²) in [5.41, 5.74) is 0. The van der Waals surface area contributed by atoms with Gasteiger partial charge in [0.1, 0.15) is 6.10 Å². The van der Waals surface area contributed by atoms with Gasteiger partial charge in [0.15, 0.2) is 0 Å². The van der Waals surface area contributed by atoms with Gasteiger partial charge in [-0.05, 0) is 38.5 Å². The van der Waals surface area contributed by atoms with Crippen LogP contribution in [0.15, 0.2) is 0 Å². The second-order valence-corrected chi connectivity index (χ2v) is 3.85. The molecule has 1 saturated carbocycles. The summed E-state index contributed by atoms with van der Waals surface area (Å²) in [5.74, 6) is -0.0343. The largest absolute Gasteiger partial charge is 0.462 e. The van der Waals surface area contributed by atoms with Crippen molar-refractivity contribution in [1.82, 2.24) is 0 Å². The molecule has 82 valence electrons. The van der Waals surface area contributed by atoms with Crippen LogP contribution in [0.25, 0.3) is 0 Å². The van der Waals surface area contributed by atoms with E-state index in [1.54, 1.807) is 7.11 Å². The summed E-state index contributed by atoms with van der Waals surface area (Å²) < 4.78 is 10.2. The summed E-state index contributed by atoms with van der Waals surface area (Å²) >= 11 is 0. The molecule has 1 fully saturated rings. The van der Waals surface area contributed by atoms with Crippen molar-refractivity contribution in [2.75, 3.05) is 13.7 Å². The fourth-order valence-corrected chi connectivity index (χ4v) is 1.77. The van der Waals surface area contributed by atoms with Gasteiger partial charge in [0.25, 0.3) is 0 Å². The molecule has 0 radical (unpaired) electrons. The summed E-state index contributed by atoms with van der Waals surface area (Å²) in [4.78, 5) is 11.3. The first-order chi connectivity index (χ1) is 6.83. The monoisotopic (exact) mass is 200 g/mol. The fourth-order valence-electron chi connectivity index (χ4n) is 1.77. The molecule has 0 aromatic carbocycles. The van der Waals surface area contributed by atoms with Gasteiger partial charge in [-0.2, -0.15) is 0 Å². The lowest BCUT2D eigenvalue weighted by molar-refractivity contribution is -0.148. The summed E-state index contributed by atoms with van der Waals surface area (Å²) in [6, 6.07) is 0. The Bertz CT molecular complexity index is 162. The Morgan fingerprint density at radius 3 is 2.64 bits per heavy atom. The van der Waals surface area contributed by atoms with E-state index in [0.29, 0.717) is 6.42 Å². The molecule has 0 aliphatic heterocycles. The average molecular weight is 200 g/mol. The summed E-state index contributed by atoms with van der Waals surface area (Å²) in [7, 11) is 1.68. The van der Waals surface area contributed by atoms with E-state index in [1.165, 1.54) is 12.8 Å². The van der Waals surface area contributed by atoms with Crippen LogP contribution in [-0.2, 0) is 14.3 Å². The van der Waals surface area contributed by atoms with E-state index in [2.05, 4.69) is 0 Å². The van der Waals surface area contributed by atoms with Crippen LogP contribution in [0.2, 0.25) is 0 Å². The smallest absolute Gasteiger partial charge is 0.306 e. The minimum absolute atomic E-state index is 0.0343. The van der Waals surface area contributed by atoms with Crippen LogP contribution in [0.1, 0.15) is 44.9 Å². The molecule has 0 aromatic rings.